The van der Waals surface area contributed by atoms with Crippen molar-refractivity contribution in [2.24, 2.45) is 5.73 Å². The molecule has 2 unspecified atom stereocenters. The fourth-order valence-electron chi connectivity index (χ4n) is 4.57. The number of primary amides is 1. The fraction of sp³-hybridized carbons (Fsp3) is 0.208. The van der Waals surface area contributed by atoms with Gasteiger partial charge in [0.2, 0.25) is 6.35 Å². The second kappa shape index (κ2) is 7.46. The van der Waals surface area contributed by atoms with Gasteiger partial charge in [-0.25, -0.2) is 14.1 Å². The van der Waals surface area contributed by atoms with Gasteiger partial charge in [0.1, 0.15) is 5.82 Å². The van der Waals surface area contributed by atoms with E-state index in [2.05, 4.69) is 4.90 Å². The molecule has 0 radical (unpaired) electrons. The number of nitrogens with two attached hydrogens (primary N) is 1. The highest BCUT2D eigenvalue weighted by Crippen LogP contribution is 2.42. The maximum atomic E-state index is 13.8. The Morgan fingerprint density at radius 2 is 1.80 bits per heavy atom. The van der Waals surface area contributed by atoms with Crippen LogP contribution in [0.25, 0.3) is 0 Å². The fourth-order valence-corrected chi connectivity index (χ4v) is 4.57. The van der Waals surface area contributed by atoms with Gasteiger partial charge in [0, 0.05) is 11.3 Å². The summed E-state index contributed by atoms with van der Waals surface area (Å²) < 4.78 is 20.0. The number of carbonyl (C=O) groups is 1. The lowest BCUT2D eigenvalue weighted by Crippen LogP contribution is -2.57. The molecule has 2 atom stereocenters. The lowest BCUT2D eigenvalue weighted by atomic mass is 10.1. The van der Waals surface area contributed by atoms with E-state index in [4.69, 9.17) is 10.5 Å². The predicted octanol–water partition coefficient (Wildman–Crippen LogP) is 4.72. The van der Waals surface area contributed by atoms with Gasteiger partial charge >= 0.3 is 6.03 Å². The van der Waals surface area contributed by atoms with Gasteiger partial charge in [-0.1, -0.05) is 42.5 Å². The molecule has 0 aromatic heterocycles. The van der Waals surface area contributed by atoms with E-state index in [1.165, 1.54) is 11.0 Å². The first-order chi connectivity index (χ1) is 14.6. The molecular formula is C24H22FN3O2. The van der Waals surface area contributed by atoms with Crippen molar-refractivity contribution < 1.29 is 13.9 Å². The van der Waals surface area contributed by atoms with Crippen LogP contribution in [0.5, 0.6) is 0 Å². The molecule has 1 aliphatic heterocycles. The van der Waals surface area contributed by atoms with E-state index >= 15 is 0 Å². The number of rotatable bonds is 3. The van der Waals surface area contributed by atoms with E-state index < -0.39 is 12.4 Å². The molecule has 2 aliphatic rings. The first kappa shape index (κ1) is 18.6. The van der Waals surface area contributed by atoms with Gasteiger partial charge in [0.05, 0.1) is 18.3 Å². The van der Waals surface area contributed by atoms with Crippen molar-refractivity contribution in [3.63, 3.8) is 0 Å². The number of anilines is 2. The zero-order chi connectivity index (χ0) is 20.7. The Morgan fingerprint density at radius 1 is 1.03 bits per heavy atom. The number of fused-ring (bicyclic) bond motifs is 2. The van der Waals surface area contributed by atoms with Crippen LogP contribution < -0.4 is 15.5 Å². The highest BCUT2D eigenvalue weighted by molar-refractivity contribution is 5.93. The number of carbonyl (C=O) groups excluding carboxylic acids is 1. The first-order valence-electron chi connectivity index (χ1n) is 10.0. The third-order valence-corrected chi connectivity index (χ3v) is 5.88. The molecule has 3 aromatic rings. The molecule has 2 amide bonds. The summed E-state index contributed by atoms with van der Waals surface area (Å²) >= 11 is 0. The molecule has 0 saturated carbocycles. The Labute approximate surface area is 174 Å². The maximum absolute atomic E-state index is 13.8. The Kier molecular flexibility index (Phi) is 4.64. The number of halogens is 1. The van der Waals surface area contributed by atoms with Crippen molar-refractivity contribution in [1.29, 1.82) is 0 Å². The molecule has 0 saturated heterocycles. The average Bonchev–Trinajstić information content (AvgIpc) is 3.17. The number of hydrogen-bond acceptors (Lipinski definition) is 3. The van der Waals surface area contributed by atoms with Gasteiger partial charge in [-0.05, 0) is 54.3 Å². The van der Waals surface area contributed by atoms with E-state index in [1.807, 2.05) is 60.7 Å². The van der Waals surface area contributed by atoms with Crippen LogP contribution in [0.1, 0.15) is 29.2 Å². The second-order valence-electron chi connectivity index (χ2n) is 7.61. The van der Waals surface area contributed by atoms with Gasteiger partial charge in [-0.15, -0.1) is 0 Å². The zero-order valence-corrected chi connectivity index (χ0v) is 16.4. The molecule has 30 heavy (non-hydrogen) atoms. The minimum atomic E-state index is -0.708. The molecule has 0 bridgehead atoms. The van der Waals surface area contributed by atoms with E-state index in [0.29, 0.717) is 6.61 Å². The summed E-state index contributed by atoms with van der Waals surface area (Å²) in [7, 11) is 0. The van der Waals surface area contributed by atoms with Crippen LogP contribution in [0.4, 0.5) is 20.6 Å². The molecule has 3 aromatic carbocycles. The Balaban J connectivity index is 1.63. The number of urea groups is 1. The summed E-state index contributed by atoms with van der Waals surface area (Å²) in [5.41, 5.74) is 10.4. The first-order valence-corrected chi connectivity index (χ1v) is 10.0. The predicted molar refractivity (Wildman–Crippen MR) is 113 cm³/mol. The maximum Gasteiger partial charge on any atom is 0.322 e. The molecule has 5 nitrogen and oxygen atoms in total. The summed E-state index contributed by atoms with van der Waals surface area (Å²) in [6.45, 7) is 0.372. The molecule has 5 rings (SSSR count). The quantitative estimate of drug-likeness (QED) is 0.689. The third-order valence-electron chi connectivity index (χ3n) is 5.88. The number of aryl methyl sites for hydroxylation is 1. The number of amides is 2. The van der Waals surface area contributed by atoms with Crippen LogP contribution in [0, 0.1) is 5.82 Å². The van der Waals surface area contributed by atoms with Crippen molar-refractivity contribution in [2.45, 2.75) is 31.8 Å². The van der Waals surface area contributed by atoms with Gasteiger partial charge in [0.25, 0.3) is 0 Å². The van der Waals surface area contributed by atoms with Gasteiger partial charge in [-0.2, -0.15) is 0 Å². The van der Waals surface area contributed by atoms with E-state index in [9.17, 15) is 9.18 Å². The van der Waals surface area contributed by atoms with Crippen LogP contribution in [-0.2, 0) is 17.8 Å². The zero-order valence-electron chi connectivity index (χ0n) is 16.4. The minimum Gasteiger partial charge on any atom is -0.351 e. The van der Waals surface area contributed by atoms with Crippen LogP contribution in [0.3, 0.4) is 0 Å². The van der Waals surface area contributed by atoms with E-state index in [-0.39, 0.29) is 11.9 Å². The van der Waals surface area contributed by atoms with Crippen LogP contribution >= 0.6 is 0 Å². The van der Waals surface area contributed by atoms with Crippen molar-refractivity contribution in [3.05, 3.63) is 95.3 Å². The van der Waals surface area contributed by atoms with Crippen molar-refractivity contribution in [3.8, 4) is 0 Å². The Bertz CT molecular complexity index is 1090. The highest BCUT2D eigenvalue weighted by atomic mass is 19.1. The smallest absolute Gasteiger partial charge is 0.322 e. The summed E-state index contributed by atoms with van der Waals surface area (Å²) in [6.07, 6.45) is 0.851. The normalized spacial score (nSPS) is 19.8. The molecule has 0 fully saturated rings. The number of para-hydroxylation sites is 2. The molecule has 6 heteroatoms. The number of benzene rings is 3. The Morgan fingerprint density at radius 3 is 2.60 bits per heavy atom. The van der Waals surface area contributed by atoms with Gasteiger partial charge < -0.3 is 15.4 Å². The number of nitrogens with zero attached hydrogens (tertiary/aromatic N) is 2. The summed E-state index contributed by atoms with van der Waals surface area (Å²) in [5, 5.41) is 0. The average molecular weight is 403 g/mol. The summed E-state index contributed by atoms with van der Waals surface area (Å²) in [5.74, 6) is -0.234. The Hall–Kier alpha value is -3.38. The molecule has 1 heterocycles. The lowest BCUT2D eigenvalue weighted by molar-refractivity contribution is 0.0260. The second-order valence-corrected chi connectivity index (χ2v) is 7.61. The van der Waals surface area contributed by atoms with Gasteiger partial charge in [0.15, 0.2) is 0 Å². The standard InChI is InChI=1S/C24H22FN3O2/c25-18-11-12-20-16(14-18)10-13-22(20)27(19-7-2-1-3-8-19)24-28(23(26)29)21-9-5-4-6-17(21)15-30-24/h1-9,11-12,14,22,24H,10,13,15H2,(H2,26,29). The molecule has 1 aliphatic carbocycles. The third kappa shape index (κ3) is 3.09. The van der Waals surface area contributed by atoms with Gasteiger partial charge in [-0.3, -0.25) is 0 Å². The lowest BCUT2D eigenvalue weighted by Gasteiger charge is -2.45. The van der Waals surface area contributed by atoms with Crippen LogP contribution in [0.15, 0.2) is 72.8 Å². The highest BCUT2D eigenvalue weighted by Gasteiger charge is 2.40. The topological polar surface area (TPSA) is 58.8 Å². The van der Waals surface area contributed by atoms with Crippen molar-refractivity contribution in [1.82, 2.24) is 0 Å². The van der Waals surface area contributed by atoms with Crippen LogP contribution in [0.2, 0.25) is 0 Å². The minimum absolute atomic E-state index is 0.0693. The van der Waals surface area contributed by atoms with Crippen molar-refractivity contribution >= 4 is 17.4 Å². The SMILES string of the molecule is NC(=O)N1c2ccccc2COC1N(c1ccccc1)C1CCc2cc(F)ccc21. The largest absolute Gasteiger partial charge is 0.351 e. The molecular weight excluding hydrogens is 381 g/mol. The monoisotopic (exact) mass is 403 g/mol. The van der Waals surface area contributed by atoms with Crippen molar-refractivity contribution in [2.75, 3.05) is 9.80 Å². The van der Waals surface area contributed by atoms with E-state index in [1.54, 1.807) is 6.07 Å². The summed E-state index contributed by atoms with van der Waals surface area (Å²) in [4.78, 5) is 16.2. The summed E-state index contributed by atoms with van der Waals surface area (Å²) in [6, 6.07) is 21.7. The number of ether oxygens (including phenoxy) is 1. The molecule has 2 N–H and O–H groups in total. The molecule has 0 spiro atoms. The van der Waals surface area contributed by atoms with Crippen LogP contribution in [-0.4, -0.2) is 12.4 Å². The number of hydrogen-bond donors (Lipinski definition) is 1. The van der Waals surface area contributed by atoms with E-state index in [0.717, 1.165) is 40.9 Å². The molecule has 152 valence electrons.